The summed E-state index contributed by atoms with van der Waals surface area (Å²) in [5, 5.41) is 2.70. The Morgan fingerprint density at radius 2 is 1.95 bits per heavy atom. The normalized spacial score (nSPS) is 34.8. The molecule has 2 rings (SSSR count). The van der Waals surface area contributed by atoms with E-state index < -0.39 is 9.84 Å². The number of likely N-dealkylation sites (N-methyl/N-ethyl adjacent to an activating group) is 1. The molecule has 5 nitrogen and oxygen atoms in total. The molecule has 1 N–H and O–H groups in total. The lowest BCUT2D eigenvalue weighted by Crippen LogP contribution is -2.51. The van der Waals surface area contributed by atoms with Crippen LogP contribution in [-0.2, 0) is 14.6 Å². The second-order valence-electron chi connectivity index (χ2n) is 6.10. The van der Waals surface area contributed by atoms with Gasteiger partial charge in [0.15, 0.2) is 9.84 Å². The van der Waals surface area contributed by atoms with Crippen molar-refractivity contribution < 1.29 is 13.2 Å². The summed E-state index contributed by atoms with van der Waals surface area (Å²) in [7, 11) is -1.22. The summed E-state index contributed by atoms with van der Waals surface area (Å²) in [6.07, 6.45) is 5.22. The van der Waals surface area contributed by atoms with Crippen LogP contribution in [0.15, 0.2) is 0 Å². The molecule has 1 amide bonds. The van der Waals surface area contributed by atoms with E-state index in [2.05, 4.69) is 5.32 Å². The molecule has 3 atom stereocenters. The average Bonchev–Trinajstić information content (AvgIpc) is 2.53. The molecule has 0 aromatic heterocycles. The van der Waals surface area contributed by atoms with E-state index in [-0.39, 0.29) is 29.0 Å². The van der Waals surface area contributed by atoms with Crippen LogP contribution in [0.3, 0.4) is 0 Å². The monoisotopic (exact) mass is 302 g/mol. The van der Waals surface area contributed by atoms with Gasteiger partial charge in [-0.3, -0.25) is 4.79 Å². The maximum atomic E-state index is 12.5. The molecule has 3 unspecified atom stereocenters. The van der Waals surface area contributed by atoms with Crippen LogP contribution in [0.5, 0.6) is 0 Å². The summed E-state index contributed by atoms with van der Waals surface area (Å²) in [5.41, 5.74) is 0. The van der Waals surface area contributed by atoms with E-state index in [9.17, 15) is 13.2 Å². The Labute approximate surface area is 122 Å². The fourth-order valence-electron chi connectivity index (χ4n) is 3.30. The third-order valence-corrected chi connectivity index (χ3v) is 6.95. The molecule has 116 valence electrons. The van der Waals surface area contributed by atoms with Gasteiger partial charge in [0.25, 0.3) is 0 Å². The minimum absolute atomic E-state index is 0.0678. The molecule has 0 aromatic carbocycles. The summed E-state index contributed by atoms with van der Waals surface area (Å²) >= 11 is 0. The van der Waals surface area contributed by atoms with Crippen molar-refractivity contribution in [2.75, 3.05) is 19.3 Å². The second kappa shape index (κ2) is 6.43. The molecule has 0 aromatic rings. The van der Waals surface area contributed by atoms with Gasteiger partial charge in [-0.05, 0) is 46.1 Å². The minimum Gasteiger partial charge on any atom is -0.337 e. The Balaban J connectivity index is 2.13. The Kier molecular flexibility index (Phi) is 5.07. The first-order valence-electron chi connectivity index (χ1n) is 7.65. The van der Waals surface area contributed by atoms with E-state index in [1.54, 1.807) is 7.05 Å². The number of sulfone groups is 1. The number of amides is 1. The zero-order chi connectivity index (χ0) is 14.8. The van der Waals surface area contributed by atoms with E-state index in [1.165, 1.54) is 0 Å². The number of carbonyl (C=O) groups is 1. The molecule has 2 aliphatic heterocycles. The van der Waals surface area contributed by atoms with Gasteiger partial charge in [-0.15, -0.1) is 0 Å². The highest BCUT2D eigenvalue weighted by molar-refractivity contribution is 7.92. The fraction of sp³-hybridized carbons (Fsp3) is 0.929. The van der Waals surface area contributed by atoms with E-state index in [0.717, 1.165) is 32.1 Å². The van der Waals surface area contributed by atoms with Crippen molar-refractivity contribution in [3.05, 3.63) is 0 Å². The minimum atomic E-state index is -3.02. The second-order valence-corrected chi connectivity index (χ2v) is 8.50. The number of nitrogens with one attached hydrogen (secondary N) is 1. The van der Waals surface area contributed by atoms with Crippen molar-refractivity contribution in [3.8, 4) is 0 Å². The van der Waals surface area contributed by atoms with E-state index in [4.69, 9.17) is 0 Å². The van der Waals surface area contributed by atoms with Gasteiger partial charge in [-0.2, -0.15) is 0 Å². The Morgan fingerprint density at radius 3 is 2.60 bits per heavy atom. The maximum Gasteiger partial charge on any atom is 0.239 e. The summed E-state index contributed by atoms with van der Waals surface area (Å²) in [6, 6.07) is -0.0239. The van der Waals surface area contributed by atoms with Gasteiger partial charge in [0.05, 0.1) is 17.0 Å². The lowest BCUT2D eigenvalue weighted by Gasteiger charge is -2.34. The number of rotatable bonds is 3. The van der Waals surface area contributed by atoms with Gasteiger partial charge in [0.2, 0.25) is 5.91 Å². The molecule has 6 heteroatoms. The molecule has 2 aliphatic rings. The van der Waals surface area contributed by atoms with Crippen LogP contribution in [0.1, 0.15) is 45.4 Å². The number of hydrogen-bond acceptors (Lipinski definition) is 4. The van der Waals surface area contributed by atoms with Crippen LogP contribution in [0.2, 0.25) is 0 Å². The van der Waals surface area contributed by atoms with Crippen molar-refractivity contribution >= 4 is 15.7 Å². The summed E-state index contributed by atoms with van der Waals surface area (Å²) < 4.78 is 24.3. The lowest BCUT2D eigenvalue weighted by molar-refractivity contribution is -0.134. The summed E-state index contributed by atoms with van der Waals surface area (Å²) in [5.74, 6) is 0.349. The zero-order valence-electron chi connectivity index (χ0n) is 12.5. The topological polar surface area (TPSA) is 66.5 Å². The van der Waals surface area contributed by atoms with E-state index >= 15 is 0 Å². The van der Waals surface area contributed by atoms with Gasteiger partial charge in [0, 0.05) is 12.6 Å². The third-order valence-electron chi connectivity index (χ3n) is 4.69. The molecule has 20 heavy (non-hydrogen) atoms. The first-order chi connectivity index (χ1) is 9.45. The molecule has 0 bridgehead atoms. The molecule has 0 aliphatic carbocycles. The first kappa shape index (κ1) is 15.8. The Morgan fingerprint density at radius 1 is 1.20 bits per heavy atom. The van der Waals surface area contributed by atoms with Gasteiger partial charge in [-0.1, -0.05) is 6.42 Å². The first-order valence-corrected chi connectivity index (χ1v) is 9.36. The largest absolute Gasteiger partial charge is 0.337 e. The predicted molar refractivity (Wildman–Crippen MR) is 79.3 cm³/mol. The van der Waals surface area contributed by atoms with Crippen LogP contribution in [-0.4, -0.2) is 55.9 Å². The SMILES string of the molecule is CNC1CCCC(C)N(CC2CCCCS2(=O)=O)C1=O. The highest BCUT2D eigenvalue weighted by Gasteiger charge is 2.36. The quantitative estimate of drug-likeness (QED) is 0.843. The van der Waals surface area contributed by atoms with Gasteiger partial charge < -0.3 is 10.2 Å². The molecule has 0 saturated carbocycles. The molecular formula is C14H26N2O3S. The predicted octanol–water partition coefficient (Wildman–Crippen LogP) is 0.943. The molecule has 2 fully saturated rings. The number of nitrogens with zero attached hydrogens (tertiary/aromatic N) is 1. The van der Waals surface area contributed by atoms with Gasteiger partial charge >= 0.3 is 0 Å². The van der Waals surface area contributed by atoms with Crippen LogP contribution in [0.4, 0.5) is 0 Å². The van der Waals surface area contributed by atoms with Crippen molar-refractivity contribution in [1.82, 2.24) is 10.2 Å². The third kappa shape index (κ3) is 3.34. The summed E-state index contributed by atoms with van der Waals surface area (Å²) in [6.45, 7) is 2.41. The van der Waals surface area contributed by atoms with Crippen molar-refractivity contribution in [1.29, 1.82) is 0 Å². The van der Waals surface area contributed by atoms with Crippen molar-refractivity contribution in [3.63, 3.8) is 0 Å². The van der Waals surface area contributed by atoms with Crippen molar-refractivity contribution in [2.45, 2.75) is 62.8 Å². The lowest BCUT2D eigenvalue weighted by atomic mass is 10.1. The Hall–Kier alpha value is -0.620. The van der Waals surface area contributed by atoms with E-state index in [1.807, 2.05) is 11.8 Å². The van der Waals surface area contributed by atoms with Crippen molar-refractivity contribution in [2.24, 2.45) is 0 Å². The van der Waals surface area contributed by atoms with Gasteiger partial charge in [-0.25, -0.2) is 8.42 Å². The maximum absolute atomic E-state index is 12.5. The highest BCUT2D eigenvalue weighted by Crippen LogP contribution is 2.24. The van der Waals surface area contributed by atoms with Gasteiger partial charge in [0.1, 0.15) is 0 Å². The molecule has 0 radical (unpaired) electrons. The fourth-order valence-corrected chi connectivity index (χ4v) is 5.15. The average molecular weight is 302 g/mol. The van der Waals surface area contributed by atoms with Crippen LogP contribution in [0, 0.1) is 0 Å². The number of likely N-dealkylation sites (tertiary alicyclic amines) is 1. The number of hydrogen-bond donors (Lipinski definition) is 1. The van der Waals surface area contributed by atoms with E-state index in [0.29, 0.717) is 13.0 Å². The molecule has 0 spiro atoms. The summed E-state index contributed by atoms with van der Waals surface area (Å²) in [4.78, 5) is 14.3. The van der Waals surface area contributed by atoms with Crippen LogP contribution in [0.25, 0.3) is 0 Å². The molecule has 2 heterocycles. The molecular weight excluding hydrogens is 276 g/mol. The highest BCUT2D eigenvalue weighted by atomic mass is 32.2. The smallest absolute Gasteiger partial charge is 0.239 e. The number of carbonyl (C=O) groups excluding carboxylic acids is 1. The Bertz CT molecular complexity index is 449. The zero-order valence-corrected chi connectivity index (χ0v) is 13.3. The van der Waals surface area contributed by atoms with Crippen LogP contribution < -0.4 is 5.32 Å². The van der Waals surface area contributed by atoms with Crippen LogP contribution >= 0.6 is 0 Å². The standard InChI is InChI=1S/C14H26N2O3S/c1-11-6-5-8-13(15-2)14(17)16(11)10-12-7-3-4-9-20(12,18)19/h11-13,15H,3-10H2,1-2H3. The molecule has 2 saturated heterocycles.